The van der Waals surface area contributed by atoms with Crippen LogP contribution in [0.25, 0.3) is 0 Å². The molecule has 2 unspecified atom stereocenters. The third kappa shape index (κ3) is 5.00. The van der Waals surface area contributed by atoms with Gasteiger partial charge in [-0.25, -0.2) is 0 Å². The van der Waals surface area contributed by atoms with Crippen LogP contribution in [-0.2, 0) is 4.79 Å². The smallest absolute Gasteiger partial charge is 0.241 e. The molecule has 0 fully saturated rings. The van der Waals surface area contributed by atoms with Gasteiger partial charge in [-0.05, 0) is 37.5 Å². The van der Waals surface area contributed by atoms with E-state index in [1.807, 2.05) is 25.1 Å². The van der Waals surface area contributed by atoms with Gasteiger partial charge in [-0.2, -0.15) is 0 Å². The van der Waals surface area contributed by atoms with Crippen LogP contribution < -0.4 is 10.6 Å². The number of hydrogen-bond donors (Lipinski definition) is 2. The van der Waals surface area contributed by atoms with Crippen LogP contribution in [0.4, 0.5) is 5.69 Å². The number of benzene rings is 2. The number of Topliss-reactive ketones (excluding diaryl/α,β-unsaturated/α-hetero) is 1. The molecule has 0 bridgehead atoms. The zero-order valence-electron chi connectivity index (χ0n) is 15.2. The molecule has 0 spiro atoms. The molecule has 25 heavy (non-hydrogen) atoms. The molecule has 2 N–H and O–H groups in total. The lowest BCUT2D eigenvalue weighted by molar-refractivity contribution is -0.118. The topological polar surface area (TPSA) is 58.2 Å². The van der Waals surface area contributed by atoms with E-state index in [9.17, 15) is 9.59 Å². The Labute approximate surface area is 149 Å². The Balaban J connectivity index is 2.10. The van der Waals surface area contributed by atoms with E-state index in [2.05, 4.69) is 36.6 Å². The summed E-state index contributed by atoms with van der Waals surface area (Å²) in [5.74, 6) is 0.110. The zero-order valence-corrected chi connectivity index (χ0v) is 15.2. The molecule has 2 rings (SSSR count). The maximum absolute atomic E-state index is 12.6. The summed E-state index contributed by atoms with van der Waals surface area (Å²) in [7, 11) is 0. The van der Waals surface area contributed by atoms with Gasteiger partial charge in [-0.15, -0.1) is 0 Å². The van der Waals surface area contributed by atoms with Crippen molar-refractivity contribution in [2.45, 2.75) is 39.8 Å². The molecule has 2 atom stereocenters. The summed E-state index contributed by atoms with van der Waals surface area (Å²) in [5.41, 5.74) is 2.22. The molecule has 0 radical (unpaired) electrons. The minimum absolute atomic E-state index is 0.0687. The number of ketones is 1. The Hall–Kier alpha value is -2.46. The number of para-hydroxylation sites is 1. The van der Waals surface area contributed by atoms with Gasteiger partial charge in [-0.1, -0.05) is 56.3 Å². The van der Waals surface area contributed by atoms with E-state index in [0.717, 1.165) is 5.56 Å². The maximum atomic E-state index is 12.6. The van der Waals surface area contributed by atoms with Crippen LogP contribution in [0.3, 0.4) is 0 Å². The summed E-state index contributed by atoms with van der Waals surface area (Å²) in [6.45, 7) is 7.58. The van der Waals surface area contributed by atoms with Gasteiger partial charge in [-0.3, -0.25) is 14.9 Å². The molecular weight excluding hydrogens is 312 g/mol. The van der Waals surface area contributed by atoms with Crippen molar-refractivity contribution in [3.8, 4) is 0 Å². The van der Waals surface area contributed by atoms with Gasteiger partial charge in [0.05, 0.1) is 11.7 Å². The lowest BCUT2D eigenvalue weighted by Crippen LogP contribution is -2.41. The molecular formula is C21H26N2O2. The Kier molecular flexibility index (Phi) is 6.48. The van der Waals surface area contributed by atoms with Gasteiger partial charge >= 0.3 is 0 Å². The second kappa shape index (κ2) is 8.58. The van der Waals surface area contributed by atoms with Gasteiger partial charge in [0.25, 0.3) is 0 Å². The minimum Gasteiger partial charge on any atom is -0.324 e. The Morgan fingerprint density at radius 2 is 1.48 bits per heavy atom. The first-order valence-electron chi connectivity index (χ1n) is 8.62. The minimum atomic E-state index is -0.396. The standard InChI is InChI=1S/C21H26N2O2/c1-14(2)20(17-10-6-5-7-11-17)22-15(3)21(25)23-19-13-9-8-12-18(19)16(4)24/h5-15,20,22H,1-4H3,(H,23,25). The van der Waals surface area contributed by atoms with Crippen LogP contribution in [0.1, 0.15) is 49.7 Å². The average Bonchev–Trinajstić information content (AvgIpc) is 2.60. The van der Waals surface area contributed by atoms with E-state index in [1.165, 1.54) is 6.92 Å². The van der Waals surface area contributed by atoms with E-state index >= 15 is 0 Å². The van der Waals surface area contributed by atoms with Crippen LogP contribution in [0, 0.1) is 5.92 Å². The van der Waals surface area contributed by atoms with Crippen molar-refractivity contribution in [3.05, 3.63) is 65.7 Å². The first-order valence-corrected chi connectivity index (χ1v) is 8.62. The van der Waals surface area contributed by atoms with Crippen LogP contribution in [0.15, 0.2) is 54.6 Å². The number of carbonyl (C=O) groups is 2. The number of amides is 1. The predicted octanol–water partition coefficient (Wildman–Crippen LogP) is 4.20. The number of rotatable bonds is 7. The quantitative estimate of drug-likeness (QED) is 0.744. The van der Waals surface area contributed by atoms with Gasteiger partial charge in [0.2, 0.25) is 5.91 Å². The van der Waals surface area contributed by atoms with E-state index < -0.39 is 6.04 Å². The molecule has 1 amide bonds. The summed E-state index contributed by atoms with van der Waals surface area (Å²) in [6, 6.07) is 16.9. The molecule has 0 aliphatic carbocycles. The maximum Gasteiger partial charge on any atom is 0.241 e. The lowest BCUT2D eigenvalue weighted by Gasteiger charge is -2.26. The van der Waals surface area contributed by atoms with Crippen molar-refractivity contribution in [3.63, 3.8) is 0 Å². The first-order chi connectivity index (χ1) is 11.9. The molecule has 4 heteroatoms. The third-order valence-corrected chi connectivity index (χ3v) is 4.21. The van der Waals surface area contributed by atoms with Crippen molar-refractivity contribution >= 4 is 17.4 Å². The number of nitrogens with one attached hydrogen (secondary N) is 2. The van der Waals surface area contributed by atoms with Crippen molar-refractivity contribution < 1.29 is 9.59 Å². The van der Waals surface area contributed by atoms with E-state index in [0.29, 0.717) is 17.2 Å². The Morgan fingerprint density at radius 3 is 2.08 bits per heavy atom. The predicted molar refractivity (Wildman–Crippen MR) is 102 cm³/mol. The lowest BCUT2D eigenvalue weighted by atomic mass is 9.95. The third-order valence-electron chi connectivity index (χ3n) is 4.21. The summed E-state index contributed by atoms with van der Waals surface area (Å²) in [6.07, 6.45) is 0. The van der Waals surface area contributed by atoms with Gasteiger partial charge < -0.3 is 5.32 Å². The first kappa shape index (κ1) is 18.9. The second-order valence-electron chi connectivity index (χ2n) is 6.61. The molecule has 132 valence electrons. The average molecular weight is 338 g/mol. The molecule has 0 saturated heterocycles. The van der Waals surface area contributed by atoms with Crippen LogP contribution in [0.5, 0.6) is 0 Å². The molecule has 0 saturated carbocycles. The van der Waals surface area contributed by atoms with Crippen molar-refractivity contribution in [1.82, 2.24) is 5.32 Å². The number of hydrogen-bond acceptors (Lipinski definition) is 3. The van der Waals surface area contributed by atoms with E-state index in [-0.39, 0.29) is 17.7 Å². The fraction of sp³-hybridized carbons (Fsp3) is 0.333. The molecule has 2 aromatic carbocycles. The second-order valence-corrected chi connectivity index (χ2v) is 6.61. The number of anilines is 1. The van der Waals surface area contributed by atoms with Gasteiger partial charge in [0, 0.05) is 11.6 Å². The van der Waals surface area contributed by atoms with Gasteiger partial charge in [0.1, 0.15) is 0 Å². The highest BCUT2D eigenvalue weighted by Gasteiger charge is 2.22. The summed E-state index contributed by atoms with van der Waals surface area (Å²) in [4.78, 5) is 24.3. The highest BCUT2D eigenvalue weighted by atomic mass is 16.2. The molecule has 0 aromatic heterocycles. The summed E-state index contributed by atoms with van der Waals surface area (Å²) in [5, 5.41) is 6.27. The fourth-order valence-electron chi connectivity index (χ4n) is 2.82. The van der Waals surface area contributed by atoms with Crippen molar-refractivity contribution in [2.24, 2.45) is 5.92 Å². The molecule has 4 nitrogen and oxygen atoms in total. The molecule has 0 aliphatic rings. The Morgan fingerprint density at radius 1 is 0.880 bits per heavy atom. The van der Waals surface area contributed by atoms with Crippen LogP contribution in [-0.4, -0.2) is 17.7 Å². The van der Waals surface area contributed by atoms with E-state index in [1.54, 1.807) is 24.3 Å². The fourth-order valence-corrected chi connectivity index (χ4v) is 2.82. The zero-order chi connectivity index (χ0) is 18.4. The monoisotopic (exact) mass is 338 g/mol. The van der Waals surface area contributed by atoms with Gasteiger partial charge in [0.15, 0.2) is 5.78 Å². The van der Waals surface area contributed by atoms with E-state index in [4.69, 9.17) is 0 Å². The van der Waals surface area contributed by atoms with Crippen LogP contribution in [0.2, 0.25) is 0 Å². The highest BCUT2D eigenvalue weighted by Crippen LogP contribution is 2.22. The Bertz CT molecular complexity index is 726. The largest absolute Gasteiger partial charge is 0.324 e. The molecule has 2 aromatic rings. The van der Waals surface area contributed by atoms with Crippen LogP contribution >= 0.6 is 0 Å². The molecule has 0 aliphatic heterocycles. The SMILES string of the molecule is CC(=O)c1ccccc1NC(=O)C(C)NC(c1ccccc1)C(C)C. The summed E-state index contributed by atoms with van der Waals surface area (Å²) < 4.78 is 0. The van der Waals surface area contributed by atoms with Crippen molar-refractivity contribution in [1.29, 1.82) is 0 Å². The van der Waals surface area contributed by atoms with Crippen molar-refractivity contribution in [2.75, 3.05) is 5.32 Å². The summed E-state index contributed by atoms with van der Waals surface area (Å²) >= 11 is 0. The normalized spacial score (nSPS) is 13.3. The number of carbonyl (C=O) groups excluding carboxylic acids is 2. The highest BCUT2D eigenvalue weighted by molar-refractivity contribution is 6.04. The molecule has 0 heterocycles.